The highest BCUT2D eigenvalue weighted by atomic mass is 35.5. The number of hydrogen-bond acceptors (Lipinski definition) is 6. The van der Waals surface area contributed by atoms with Crippen LogP contribution in [0.1, 0.15) is 5.82 Å². The molecule has 0 fully saturated rings. The lowest BCUT2D eigenvalue weighted by Gasteiger charge is -2.07. The van der Waals surface area contributed by atoms with Crippen LogP contribution < -0.4 is 4.74 Å². The van der Waals surface area contributed by atoms with Gasteiger partial charge in [-0.15, -0.1) is 15.3 Å². The summed E-state index contributed by atoms with van der Waals surface area (Å²) in [6, 6.07) is 5.89. The van der Waals surface area contributed by atoms with E-state index in [4.69, 9.17) is 16.3 Å². The van der Waals surface area contributed by atoms with Crippen molar-refractivity contribution in [2.24, 2.45) is 0 Å². The molecule has 0 radical (unpaired) electrons. The number of ether oxygens (including phenoxy) is 1. The molecule has 1 aromatic carbocycles. The fourth-order valence-corrected chi connectivity index (χ4v) is 2.02. The topological polar surface area (TPSA) is 95.5 Å². The highest BCUT2D eigenvalue weighted by Gasteiger charge is 2.37. The molecule has 12 heteroatoms. The Morgan fingerprint density at radius 2 is 1.96 bits per heavy atom. The molecule has 0 N–H and O–H groups in total. The Morgan fingerprint density at radius 3 is 2.58 bits per heavy atom. The van der Waals surface area contributed by atoms with Crippen LogP contribution >= 0.6 is 11.6 Å². The van der Waals surface area contributed by atoms with E-state index in [2.05, 4.69) is 15.3 Å². The summed E-state index contributed by atoms with van der Waals surface area (Å²) in [4.78, 5) is 9.99. The Bertz CT molecular complexity index is 943. The fraction of sp³-hybridized carbons (Fsp3) is 0.0833. The summed E-state index contributed by atoms with van der Waals surface area (Å²) in [6.45, 7) is 0. The van der Waals surface area contributed by atoms with Crippen LogP contribution in [-0.2, 0) is 6.18 Å². The predicted octanol–water partition coefficient (Wildman–Crippen LogP) is 3.50. The Labute approximate surface area is 135 Å². The van der Waals surface area contributed by atoms with Gasteiger partial charge in [-0.3, -0.25) is 10.1 Å². The van der Waals surface area contributed by atoms with Gasteiger partial charge in [-0.1, -0.05) is 11.6 Å². The van der Waals surface area contributed by atoms with E-state index in [9.17, 15) is 23.3 Å². The molecule has 2 heterocycles. The van der Waals surface area contributed by atoms with Gasteiger partial charge in [-0.05, 0) is 12.1 Å². The summed E-state index contributed by atoms with van der Waals surface area (Å²) in [5.41, 5.74) is -0.376. The smallest absolute Gasteiger partial charge is 0.436 e. The van der Waals surface area contributed by atoms with Crippen molar-refractivity contribution in [2.45, 2.75) is 6.18 Å². The lowest BCUT2D eigenvalue weighted by molar-refractivity contribution is -0.384. The highest BCUT2D eigenvalue weighted by molar-refractivity contribution is 6.32. The van der Waals surface area contributed by atoms with Crippen molar-refractivity contribution < 1.29 is 22.8 Å². The van der Waals surface area contributed by atoms with Crippen molar-refractivity contribution in [3.8, 4) is 11.6 Å². The summed E-state index contributed by atoms with van der Waals surface area (Å²) < 4.78 is 44.2. The van der Waals surface area contributed by atoms with Crippen molar-refractivity contribution in [2.75, 3.05) is 0 Å². The van der Waals surface area contributed by atoms with Crippen molar-refractivity contribution in [3.05, 3.63) is 51.3 Å². The molecule has 3 aromatic rings. The number of nitro benzene ring substituents is 1. The van der Waals surface area contributed by atoms with Gasteiger partial charge in [0.15, 0.2) is 5.65 Å². The van der Waals surface area contributed by atoms with Crippen LogP contribution in [0.2, 0.25) is 5.02 Å². The van der Waals surface area contributed by atoms with Crippen molar-refractivity contribution in [3.63, 3.8) is 0 Å². The van der Waals surface area contributed by atoms with Crippen LogP contribution in [0.5, 0.6) is 11.6 Å². The number of halogens is 4. The van der Waals surface area contributed by atoms with Crippen LogP contribution in [-0.4, -0.2) is 24.7 Å². The van der Waals surface area contributed by atoms with E-state index in [1.807, 2.05) is 0 Å². The van der Waals surface area contributed by atoms with E-state index in [1.165, 1.54) is 18.2 Å². The van der Waals surface area contributed by atoms with Gasteiger partial charge in [0, 0.05) is 18.2 Å². The summed E-state index contributed by atoms with van der Waals surface area (Å²) in [5.74, 6) is -1.53. The molecule has 0 bridgehead atoms. The minimum absolute atomic E-state index is 0.00394. The average molecular weight is 360 g/mol. The molecule has 8 nitrogen and oxygen atoms in total. The lowest BCUT2D eigenvalue weighted by Crippen LogP contribution is -2.12. The summed E-state index contributed by atoms with van der Waals surface area (Å²) in [6.07, 6.45) is -4.74. The molecular formula is C12H5ClF3N5O3. The molecule has 124 valence electrons. The second-order valence-corrected chi connectivity index (χ2v) is 4.84. The van der Waals surface area contributed by atoms with E-state index < -0.39 is 16.9 Å². The van der Waals surface area contributed by atoms with E-state index in [0.717, 1.165) is 12.1 Å². The zero-order chi connectivity index (χ0) is 17.5. The maximum atomic E-state index is 12.8. The molecule has 0 aliphatic rings. The Hall–Kier alpha value is -2.95. The van der Waals surface area contributed by atoms with Gasteiger partial charge in [-0.25, -0.2) is 0 Å². The number of rotatable bonds is 3. The second kappa shape index (κ2) is 5.60. The largest absolute Gasteiger partial charge is 0.453 e. The minimum atomic E-state index is -4.74. The molecule has 0 aliphatic carbocycles. The number of nitro groups is 1. The van der Waals surface area contributed by atoms with E-state index in [-0.39, 0.29) is 28.0 Å². The number of fused-ring (bicyclic) bond motifs is 1. The first-order valence-electron chi connectivity index (χ1n) is 6.17. The molecule has 24 heavy (non-hydrogen) atoms. The van der Waals surface area contributed by atoms with Crippen LogP contribution in [0.4, 0.5) is 18.9 Å². The maximum absolute atomic E-state index is 12.8. The summed E-state index contributed by atoms with van der Waals surface area (Å²) in [5, 5.41) is 20.6. The van der Waals surface area contributed by atoms with Crippen LogP contribution in [0.15, 0.2) is 30.3 Å². The third-order valence-corrected chi connectivity index (χ3v) is 3.13. The van der Waals surface area contributed by atoms with Crippen molar-refractivity contribution in [1.29, 1.82) is 0 Å². The molecule has 0 aliphatic heterocycles. The zero-order valence-electron chi connectivity index (χ0n) is 11.4. The van der Waals surface area contributed by atoms with E-state index >= 15 is 0 Å². The molecular weight excluding hydrogens is 355 g/mol. The molecule has 0 unspecified atom stereocenters. The number of nitrogens with zero attached hydrogens (tertiary/aromatic N) is 5. The molecule has 0 amide bonds. The lowest BCUT2D eigenvalue weighted by atomic mass is 10.3. The minimum Gasteiger partial charge on any atom is -0.436 e. The number of hydrogen-bond donors (Lipinski definition) is 0. The summed E-state index contributed by atoms with van der Waals surface area (Å²) in [7, 11) is 0. The monoisotopic (exact) mass is 359 g/mol. The van der Waals surface area contributed by atoms with E-state index in [0.29, 0.717) is 4.52 Å². The third kappa shape index (κ3) is 2.93. The Morgan fingerprint density at radius 1 is 1.21 bits per heavy atom. The summed E-state index contributed by atoms with van der Waals surface area (Å²) >= 11 is 5.86. The normalized spacial score (nSPS) is 11.7. The average Bonchev–Trinajstić information content (AvgIpc) is 2.92. The highest BCUT2D eigenvalue weighted by Crippen LogP contribution is 2.32. The predicted molar refractivity (Wildman–Crippen MR) is 74.0 cm³/mol. The first-order chi connectivity index (χ1) is 11.3. The number of alkyl halides is 3. The van der Waals surface area contributed by atoms with Crippen LogP contribution in [0, 0.1) is 10.1 Å². The molecule has 0 saturated heterocycles. The second-order valence-electron chi connectivity index (χ2n) is 4.44. The maximum Gasteiger partial charge on any atom is 0.453 e. The van der Waals surface area contributed by atoms with E-state index in [1.54, 1.807) is 0 Å². The van der Waals surface area contributed by atoms with Gasteiger partial charge in [0.1, 0.15) is 5.75 Å². The molecule has 0 saturated carbocycles. The van der Waals surface area contributed by atoms with Crippen molar-refractivity contribution >= 4 is 22.9 Å². The standard InChI is InChI=1S/C12H5ClF3N5O3/c13-7-5-6(21(22)23)1-2-8(7)24-10-4-3-9-17-18-11(12(14,15)16)20(9)19-10/h1-5H. The van der Waals surface area contributed by atoms with Gasteiger partial charge >= 0.3 is 6.18 Å². The molecule has 0 atom stereocenters. The molecule has 2 aromatic heterocycles. The SMILES string of the molecule is O=[N+]([O-])c1ccc(Oc2ccc3nnc(C(F)(F)F)n3n2)c(Cl)c1. The number of benzene rings is 1. The molecule has 0 spiro atoms. The quantitative estimate of drug-likeness (QED) is 0.524. The first kappa shape index (κ1) is 15.9. The van der Waals surface area contributed by atoms with Gasteiger partial charge in [-0.2, -0.15) is 17.7 Å². The van der Waals surface area contributed by atoms with Crippen LogP contribution in [0.3, 0.4) is 0 Å². The van der Waals surface area contributed by atoms with Gasteiger partial charge in [0.2, 0.25) is 5.88 Å². The van der Waals surface area contributed by atoms with Gasteiger partial charge < -0.3 is 4.74 Å². The third-order valence-electron chi connectivity index (χ3n) is 2.83. The fourth-order valence-electron chi connectivity index (χ4n) is 1.80. The zero-order valence-corrected chi connectivity index (χ0v) is 12.1. The van der Waals surface area contributed by atoms with Crippen molar-refractivity contribution in [1.82, 2.24) is 19.8 Å². The Balaban J connectivity index is 1.97. The number of non-ortho nitro benzene ring substituents is 1. The number of aromatic nitrogens is 4. The first-order valence-corrected chi connectivity index (χ1v) is 6.55. The van der Waals surface area contributed by atoms with Gasteiger partial charge in [0.25, 0.3) is 11.5 Å². The van der Waals surface area contributed by atoms with Crippen LogP contribution in [0.25, 0.3) is 5.65 Å². The van der Waals surface area contributed by atoms with Gasteiger partial charge in [0.05, 0.1) is 9.95 Å². The molecule has 3 rings (SSSR count). The Kier molecular flexibility index (Phi) is 3.72.